The molecule has 0 aliphatic carbocycles. The first-order valence-corrected chi connectivity index (χ1v) is 7.17. The molecule has 1 amide bonds. The second-order valence-corrected chi connectivity index (χ2v) is 5.30. The van der Waals surface area contributed by atoms with Crippen molar-refractivity contribution in [3.63, 3.8) is 0 Å². The average molecular weight is 398 g/mol. The number of hydrogen-bond donors (Lipinski definition) is 3. The monoisotopic (exact) mass is 398 g/mol. The Bertz CT molecular complexity index is 295. The van der Waals surface area contributed by atoms with Gasteiger partial charge in [0.15, 0.2) is 5.96 Å². The average Bonchev–Trinajstić information content (AvgIpc) is 2.36. The van der Waals surface area contributed by atoms with Crippen molar-refractivity contribution in [3.8, 4) is 0 Å². The number of nitrogens with one attached hydrogen (secondary N) is 3. The molecule has 0 rings (SSSR count). The van der Waals surface area contributed by atoms with E-state index in [-0.39, 0.29) is 35.9 Å². The highest BCUT2D eigenvalue weighted by Gasteiger charge is 2.09. The molecule has 6 heteroatoms. The lowest BCUT2D eigenvalue weighted by Crippen LogP contribution is -2.45. The number of rotatable bonds is 7. The number of amides is 1. The quantitative estimate of drug-likeness (QED) is 0.350. The fourth-order valence-corrected chi connectivity index (χ4v) is 1.32. The van der Waals surface area contributed by atoms with Crippen molar-refractivity contribution >= 4 is 35.8 Å². The zero-order valence-electron chi connectivity index (χ0n) is 13.6. The van der Waals surface area contributed by atoms with Gasteiger partial charge >= 0.3 is 0 Å². The number of hydrogen-bond acceptors (Lipinski definition) is 2. The first-order valence-electron chi connectivity index (χ1n) is 7.17. The minimum Gasteiger partial charge on any atom is -0.356 e. The van der Waals surface area contributed by atoms with Gasteiger partial charge in [-0.1, -0.05) is 20.8 Å². The highest BCUT2D eigenvalue weighted by Crippen LogP contribution is 1.99. The van der Waals surface area contributed by atoms with E-state index in [9.17, 15) is 4.79 Å². The van der Waals surface area contributed by atoms with E-state index in [2.05, 4.69) is 48.6 Å². The van der Waals surface area contributed by atoms with Gasteiger partial charge in [0.25, 0.3) is 0 Å². The van der Waals surface area contributed by atoms with Crippen LogP contribution in [0.15, 0.2) is 4.99 Å². The van der Waals surface area contributed by atoms with Gasteiger partial charge in [0.05, 0.1) is 0 Å². The summed E-state index contributed by atoms with van der Waals surface area (Å²) in [6.45, 7) is 11.1. The molecule has 0 spiro atoms. The summed E-state index contributed by atoms with van der Waals surface area (Å²) in [5, 5.41) is 9.40. The van der Waals surface area contributed by atoms with E-state index >= 15 is 0 Å². The van der Waals surface area contributed by atoms with Crippen molar-refractivity contribution in [2.75, 3.05) is 13.6 Å². The lowest BCUT2D eigenvalue weighted by Gasteiger charge is -2.20. The predicted octanol–water partition coefficient (Wildman–Crippen LogP) is 2.12. The molecule has 0 fully saturated rings. The highest BCUT2D eigenvalue weighted by molar-refractivity contribution is 14.0. The van der Waals surface area contributed by atoms with Crippen LogP contribution < -0.4 is 16.0 Å². The Balaban J connectivity index is 0. The molecule has 0 saturated carbocycles. The van der Waals surface area contributed by atoms with Gasteiger partial charge in [-0.3, -0.25) is 9.79 Å². The van der Waals surface area contributed by atoms with E-state index in [1.165, 1.54) is 0 Å². The van der Waals surface area contributed by atoms with Crippen LogP contribution in [-0.4, -0.2) is 37.5 Å². The van der Waals surface area contributed by atoms with Crippen molar-refractivity contribution in [3.05, 3.63) is 0 Å². The molecule has 20 heavy (non-hydrogen) atoms. The number of carbonyl (C=O) groups is 1. The summed E-state index contributed by atoms with van der Waals surface area (Å²) in [5.41, 5.74) is 0. The van der Waals surface area contributed by atoms with Gasteiger partial charge in [-0.2, -0.15) is 0 Å². The molecule has 0 saturated heterocycles. The van der Waals surface area contributed by atoms with Gasteiger partial charge in [-0.25, -0.2) is 0 Å². The fourth-order valence-electron chi connectivity index (χ4n) is 1.32. The fraction of sp³-hybridized carbons (Fsp3) is 0.857. The van der Waals surface area contributed by atoms with Crippen molar-refractivity contribution in [1.29, 1.82) is 0 Å². The number of carbonyl (C=O) groups excluding carboxylic acids is 1. The summed E-state index contributed by atoms with van der Waals surface area (Å²) < 4.78 is 0. The van der Waals surface area contributed by atoms with E-state index in [0.29, 0.717) is 24.9 Å². The molecular formula is C14H31IN4O. The molecule has 0 heterocycles. The lowest BCUT2D eigenvalue weighted by atomic mass is 10.1. The molecular weight excluding hydrogens is 367 g/mol. The second kappa shape index (κ2) is 12.2. The van der Waals surface area contributed by atoms with Gasteiger partial charge in [-0.05, 0) is 26.2 Å². The minimum absolute atomic E-state index is 0. The summed E-state index contributed by atoms with van der Waals surface area (Å²) >= 11 is 0. The molecule has 0 aliphatic heterocycles. The topological polar surface area (TPSA) is 65.5 Å². The largest absolute Gasteiger partial charge is 0.356 e. The summed E-state index contributed by atoms with van der Waals surface area (Å²) in [5.74, 6) is 1.36. The molecule has 120 valence electrons. The van der Waals surface area contributed by atoms with Gasteiger partial charge in [0.1, 0.15) is 0 Å². The number of halogens is 1. The lowest BCUT2D eigenvalue weighted by molar-refractivity contribution is -0.121. The molecule has 0 aliphatic rings. The van der Waals surface area contributed by atoms with Crippen molar-refractivity contribution in [1.82, 2.24) is 16.0 Å². The Labute approximate surface area is 140 Å². The zero-order valence-corrected chi connectivity index (χ0v) is 15.9. The standard InChI is InChI=1S/C14H30N4O.HI/c1-7-11(4)17-13(19)8-9-16-14(15-6)18-12(5)10(2)3;/h10-12H,7-9H2,1-6H3,(H,17,19)(H2,15,16,18);1H. The van der Waals surface area contributed by atoms with Crippen molar-refractivity contribution < 1.29 is 4.79 Å². The van der Waals surface area contributed by atoms with Crippen LogP contribution in [-0.2, 0) is 4.79 Å². The summed E-state index contributed by atoms with van der Waals surface area (Å²) in [7, 11) is 1.74. The normalized spacial score (nSPS) is 14.2. The van der Waals surface area contributed by atoms with E-state index < -0.39 is 0 Å². The van der Waals surface area contributed by atoms with Gasteiger partial charge < -0.3 is 16.0 Å². The van der Waals surface area contributed by atoms with Gasteiger partial charge in [0, 0.05) is 32.1 Å². The Kier molecular flexibility index (Phi) is 13.3. The van der Waals surface area contributed by atoms with Crippen LogP contribution in [0.5, 0.6) is 0 Å². The molecule has 0 aromatic heterocycles. The smallest absolute Gasteiger partial charge is 0.221 e. The molecule has 0 radical (unpaired) electrons. The summed E-state index contributed by atoms with van der Waals surface area (Å²) in [6, 6.07) is 0.589. The first kappa shape index (κ1) is 21.8. The Hall–Kier alpha value is -0.530. The molecule has 3 N–H and O–H groups in total. The van der Waals surface area contributed by atoms with Crippen LogP contribution in [0.1, 0.15) is 47.5 Å². The third-order valence-electron chi connectivity index (χ3n) is 3.25. The molecule has 2 unspecified atom stereocenters. The van der Waals surface area contributed by atoms with E-state index in [0.717, 1.165) is 12.4 Å². The van der Waals surface area contributed by atoms with Crippen LogP contribution in [0.2, 0.25) is 0 Å². The Morgan fingerprint density at radius 3 is 2.20 bits per heavy atom. The van der Waals surface area contributed by atoms with Gasteiger partial charge in [-0.15, -0.1) is 24.0 Å². The predicted molar refractivity (Wildman–Crippen MR) is 96.7 cm³/mol. The van der Waals surface area contributed by atoms with Crippen LogP contribution in [0.25, 0.3) is 0 Å². The molecule has 0 bridgehead atoms. The molecule has 0 aromatic rings. The van der Waals surface area contributed by atoms with E-state index in [1.807, 2.05) is 6.92 Å². The van der Waals surface area contributed by atoms with Crippen LogP contribution in [0.4, 0.5) is 0 Å². The first-order chi connectivity index (χ1) is 8.90. The van der Waals surface area contributed by atoms with Gasteiger partial charge in [0.2, 0.25) is 5.91 Å². The zero-order chi connectivity index (χ0) is 14.8. The molecule has 0 aromatic carbocycles. The highest BCUT2D eigenvalue weighted by atomic mass is 127. The SMILES string of the molecule is CCC(C)NC(=O)CCNC(=NC)NC(C)C(C)C.I. The maximum Gasteiger partial charge on any atom is 0.221 e. The number of guanidine groups is 1. The van der Waals surface area contributed by atoms with Crippen LogP contribution in [0, 0.1) is 5.92 Å². The minimum atomic E-state index is 0. The Morgan fingerprint density at radius 1 is 1.15 bits per heavy atom. The maximum atomic E-state index is 11.6. The number of nitrogens with zero attached hydrogens (tertiary/aromatic N) is 1. The molecule has 2 atom stereocenters. The molecule has 5 nitrogen and oxygen atoms in total. The Morgan fingerprint density at radius 2 is 1.75 bits per heavy atom. The van der Waals surface area contributed by atoms with E-state index in [1.54, 1.807) is 7.05 Å². The third-order valence-corrected chi connectivity index (χ3v) is 3.25. The van der Waals surface area contributed by atoms with Crippen LogP contribution >= 0.6 is 24.0 Å². The van der Waals surface area contributed by atoms with Crippen LogP contribution in [0.3, 0.4) is 0 Å². The number of aliphatic imine (C=N–C) groups is 1. The van der Waals surface area contributed by atoms with Crippen molar-refractivity contribution in [2.24, 2.45) is 10.9 Å². The van der Waals surface area contributed by atoms with Crippen molar-refractivity contribution in [2.45, 2.75) is 59.5 Å². The maximum absolute atomic E-state index is 11.6. The van der Waals surface area contributed by atoms with E-state index in [4.69, 9.17) is 0 Å². The summed E-state index contributed by atoms with van der Waals surface area (Å²) in [4.78, 5) is 15.7. The second-order valence-electron chi connectivity index (χ2n) is 5.30. The summed E-state index contributed by atoms with van der Waals surface area (Å²) in [6.07, 6.45) is 1.41. The third kappa shape index (κ3) is 10.3.